The zero-order valence-corrected chi connectivity index (χ0v) is 9.93. The highest BCUT2D eigenvalue weighted by Gasteiger charge is 2.22. The van der Waals surface area contributed by atoms with E-state index < -0.39 is 0 Å². The first-order valence-electron chi connectivity index (χ1n) is 5.66. The van der Waals surface area contributed by atoms with E-state index in [1.165, 1.54) is 0 Å². The molecule has 0 aromatic heterocycles. The summed E-state index contributed by atoms with van der Waals surface area (Å²) in [6.45, 7) is 2.05. The van der Waals surface area contributed by atoms with Gasteiger partial charge in [-0.15, -0.1) is 0 Å². The highest BCUT2D eigenvalue weighted by Crippen LogP contribution is 2.32. The van der Waals surface area contributed by atoms with Gasteiger partial charge in [0.15, 0.2) is 0 Å². The van der Waals surface area contributed by atoms with Crippen LogP contribution >= 0.6 is 0 Å². The summed E-state index contributed by atoms with van der Waals surface area (Å²) in [5, 5.41) is 9.12. The van der Waals surface area contributed by atoms with Gasteiger partial charge in [-0.2, -0.15) is 0 Å². The molecule has 0 bridgehead atoms. The average molecular weight is 238 g/mol. The van der Waals surface area contributed by atoms with Gasteiger partial charge in [-0.05, 0) is 12.1 Å². The molecule has 3 N–H and O–H groups in total. The van der Waals surface area contributed by atoms with Crippen molar-refractivity contribution in [3.8, 4) is 5.75 Å². The molecule has 0 spiro atoms. The highest BCUT2D eigenvalue weighted by molar-refractivity contribution is 5.74. The summed E-state index contributed by atoms with van der Waals surface area (Å²) >= 11 is 0. The molecule has 1 atom stereocenters. The zero-order valence-electron chi connectivity index (χ0n) is 9.93. The molecule has 5 nitrogen and oxygen atoms in total. The summed E-state index contributed by atoms with van der Waals surface area (Å²) in [6, 6.07) is 5.70. The van der Waals surface area contributed by atoms with Crippen molar-refractivity contribution in [1.82, 2.24) is 0 Å². The lowest BCUT2D eigenvalue weighted by Crippen LogP contribution is -2.44. The van der Waals surface area contributed by atoms with E-state index in [1.54, 1.807) is 7.11 Å². The molecule has 0 amide bonds. The Morgan fingerprint density at radius 2 is 2.41 bits per heavy atom. The van der Waals surface area contributed by atoms with Crippen LogP contribution in [0.2, 0.25) is 0 Å². The smallest absolute Gasteiger partial charge is 0.143 e. The van der Waals surface area contributed by atoms with Gasteiger partial charge in [-0.25, -0.2) is 0 Å². The number of morpholine rings is 1. The van der Waals surface area contributed by atoms with Gasteiger partial charge in [0.05, 0.1) is 37.8 Å². The van der Waals surface area contributed by atoms with Crippen LogP contribution in [-0.2, 0) is 4.74 Å². The molecule has 1 saturated heterocycles. The molecule has 5 heteroatoms. The molecule has 94 valence electrons. The fraction of sp³-hybridized carbons (Fsp3) is 0.500. The lowest BCUT2D eigenvalue weighted by atomic mass is 10.2. The number of hydrogen-bond acceptors (Lipinski definition) is 5. The van der Waals surface area contributed by atoms with Crippen molar-refractivity contribution in [2.75, 3.05) is 44.0 Å². The maximum absolute atomic E-state index is 9.12. The van der Waals surface area contributed by atoms with Crippen molar-refractivity contribution in [3.05, 3.63) is 18.2 Å². The number of methoxy groups -OCH3 is 1. The molecule has 1 aromatic rings. The second-order valence-electron chi connectivity index (χ2n) is 4.01. The van der Waals surface area contributed by atoms with Crippen molar-refractivity contribution in [2.24, 2.45) is 0 Å². The second-order valence-corrected chi connectivity index (χ2v) is 4.01. The average Bonchev–Trinajstić information content (AvgIpc) is 2.39. The molecule has 1 aromatic carbocycles. The molecular formula is C12H18N2O3. The van der Waals surface area contributed by atoms with E-state index in [4.69, 9.17) is 20.3 Å². The molecule has 1 unspecified atom stereocenters. The summed E-state index contributed by atoms with van der Waals surface area (Å²) < 4.78 is 10.6. The third-order valence-electron chi connectivity index (χ3n) is 2.95. The third kappa shape index (κ3) is 2.45. The number of hydrogen-bond donors (Lipinski definition) is 2. The Balaban J connectivity index is 2.21. The molecule has 0 saturated carbocycles. The normalized spacial score (nSPS) is 20.4. The van der Waals surface area contributed by atoms with Crippen LogP contribution in [0.25, 0.3) is 0 Å². The number of para-hydroxylation sites is 1. The van der Waals surface area contributed by atoms with E-state index in [-0.39, 0.29) is 12.7 Å². The molecule has 1 heterocycles. The minimum Gasteiger partial charge on any atom is -0.495 e. The lowest BCUT2D eigenvalue weighted by Gasteiger charge is -2.34. The molecule has 0 aliphatic carbocycles. The fourth-order valence-electron chi connectivity index (χ4n) is 2.03. The number of rotatable bonds is 3. The first-order chi connectivity index (χ1) is 8.26. The van der Waals surface area contributed by atoms with Crippen LogP contribution in [0.3, 0.4) is 0 Å². The predicted octanol–water partition coefficient (Wildman–Crippen LogP) is 0.475. The van der Waals surface area contributed by atoms with Gasteiger partial charge >= 0.3 is 0 Å². The summed E-state index contributed by atoms with van der Waals surface area (Å²) in [5.74, 6) is 0.676. The summed E-state index contributed by atoms with van der Waals surface area (Å²) in [5.41, 5.74) is 7.61. The standard InChI is InChI=1S/C12H18N2O3/c1-16-11-4-2-3-10(12(11)13)14-5-6-17-9(7-14)8-15/h2-4,9,15H,5-8,13H2,1H3. The Kier molecular flexibility index (Phi) is 3.71. The maximum Gasteiger partial charge on any atom is 0.143 e. The first kappa shape index (κ1) is 12.0. The first-order valence-corrected chi connectivity index (χ1v) is 5.66. The van der Waals surface area contributed by atoms with Crippen molar-refractivity contribution in [2.45, 2.75) is 6.10 Å². The molecule has 1 aliphatic rings. The highest BCUT2D eigenvalue weighted by atomic mass is 16.5. The number of nitrogen functional groups attached to an aromatic ring is 1. The van der Waals surface area contributed by atoms with Crippen LogP contribution in [0.1, 0.15) is 0 Å². The number of nitrogens with zero attached hydrogens (tertiary/aromatic N) is 1. The molecule has 0 radical (unpaired) electrons. The Hall–Kier alpha value is -1.46. The molecular weight excluding hydrogens is 220 g/mol. The number of ether oxygens (including phenoxy) is 2. The Morgan fingerprint density at radius 1 is 1.59 bits per heavy atom. The summed E-state index contributed by atoms with van der Waals surface area (Å²) in [7, 11) is 1.60. The van der Waals surface area contributed by atoms with Crippen molar-refractivity contribution in [1.29, 1.82) is 0 Å². The molecule has 1 aliphatic heterocycles. The van der Waals surface area contributed by atoms with Crippen molar-refractivity contribution in [3.63, 3.8) is 0 Å². The largest absolute Gasteiger partial charge is 0.495 e. The van der Waals surface area contributed by atoms with Crippen molar-refractivity contribution >= 4 is 11.4 Å². The zero-order chi connectivity index (χ0) is 12.3. The van der Waals surface area contributed by atoms with Gasteiger partial charge < -0.3 is 25.2 Å². The number of aliphatic hydroxyl groups is 1. The van der Waals surface area contributed by atoms with Crippen LogP contribution in [0.5, 0.6) is 5.75 Å². The minimum absolute atomic E-state index is 0.0281. The van der Waals surface area contributed by atoms with E-state index in [1.807, 2.05) is 18.2 Å². The monoisotopic (exact) mass is 238 g/mol. The van der Waals surface area contributed by atoms with Gasteiger partial charge in [-0.1, -0.05) is 6.07 Å². The minimum atomic E-state index is -0.144. The second kappa shape index (κ2) is 5.25. The number of benzene rings is 1. The van der Waals surface area contributed by atoms with Gasteiger partial charge in [0, 0.05) is 13.1 Å². The Morgan fingerprint density at radius 3 is 3.12 bits per heavy atom. The third-order valence-corrected chi connectivity index (χ3v) is 2.95. The van der Waals surface area contributed by atoms with Crippen LogP contribution in [-0.4, -0.2) is 44.6 Å². The van der Waals surface area contributed by atoms with Gasteiger partial charge in [0.1, 0.15) is 5.75 Å². The van der Waals surface area contributed by atoms with E-state index in [2.05, 4.69) is 4.90 Å². The van der Waals surface area contributed by atoms with E-state index in [0.717, 1.165) is 12.2 Å². The van der Waals surface area contributed by atoms with Crippen LogP contribution in [0, 0.1) is 0 Å². The van der Waals surface area contributed by atoms with E-state index in [9.17, 15) is 0 Å². The Bertz CT molecular complexity index is 384. The summed E-state index contributed by atoms with van der Waals surface area (Å²) in [6.07, 6.45) is -0.144. The Labute approximate surface area is 101 Å². The topological polar surface area (TPSA) is 68.0 Å². The van der Waals surface area contributed by atoms with Crippen LogP contribution < -0.4 is 15.4 Å². The number of aliphatic hydroxyl groups excluding tert-OH is 1. The SMILES string of the molecule is COc1cccc(N2CCOC(CO)C2)c1N. The van der Waals surface area contributed by atoms with E-state index >= 15 is 0 Å². The molecule has 1 fully saturated rings. The fourth-order valence-corrected chi connectivity index (χ4v) is 2.03. The maximum atomic E-state index is 9.12. The predicted molar refractivity (Wildman–Crippen MR) is 66.4 cm³/mol. The van der Waals surface area contributed by atoms with Crippen molar-refractivity contribution < 1.29 is 14.6 Å². The van der Waals surface area contributed by atoms with Gasteiger partial charge in [0.2, 0.25) is 0 Å². The summed E-state index contributed by atoms with van der Waals surface area (Å²) in [4.78, 5) is 2.11. The van der Waals surface area contributed by atoms with Crippen LogP contribution in [0.15, 0.2) is 18.2 Å². The molecule has 2 rings (SSSR count). The quantitative estimate of drug-likeness (QED) is 0.749. The van der Waals surface area contributed by atoms with Gasteiger partial charge in [0.25, 0.3) is 0 Å². The number of nitrogens with two attached hydrogens (primary N) is 1. The van der Waals surface area contributed by atoms with Gasteiger partial charge in [-0.3, -0.25) is 0 Å². The lowest BCUT2D eigenvalue weighted by molar-refractivity contribution is 0.00360. The van der Waals surface area contributed by atoms with Crippen LogP contribution in [0.4, 0.5) is 11.4 Å². The van der Waals surface area contributed by atoms with E-state index in [0.29, 0.717) is 24.6 Å². The number of anilines is 2. The molecule has 17 heavy (non-hydrogen) atoms.